The summed E-state index contributed by atoms with van der Waals surface area (Å²) in [6.07, 6.45) is 0. The van der Waals surface area contributed by atoms with Gasteiger partial charge in [0.15, 0.2) is 6.61 Å². The Hall–Kier alpha value is -3.35. The van der Waals surface area contributed by atoms with Crippen LogP contribution >= 0.6 is 0 Å². The Morgan fingerprint density at radius 2 is 1.63 bits per heavy atom. The van der Waals surface area contributed by atoms with Gasteiger partial charge in [-0.1, -0.05) is 6.07 Å². The molecule has 0 fully saturated rings. The second-order valence-corrected chi connectivity index (χ2v) is 5.72. The zero-order valence-corrected chi connectivity index (χ0v) is 15.3. The van der Waals surface area contributed by atoms with Gasteiger partial charge in [-0.15, -0.1) is 0 Å². The molecule has 7 nitrogen and oxygen atoms in total. The fourth-order valence-corrected chi connectivity index (χ4v) is 2.47. The standard InChI is InChI=1S/C20H22N2O5/c1-3-22(4-2)20(26)15-10-8-14(9-11-15)19(25)21-16-6-5-7-17(12-16)27-13-18(23)24/h5-12H,3-4,13H2,1-2H3,(H,21,25)(H,23,24). The number of carbonyl (C=O) groups is 3. The molecule has 0 bridgehead atoms. The molecule has 2 rings (SSSR count). The zero-order valence-electron chi connectivity index (χ0n) is 15.3. The lowest BCUT2D eigenvalue weighted by Gasteiger charge is -2.18. The minimum atomic E-state index is -1.08. The Labute approximate surface area is 157 Å². The van der Waals surface area contributed by atoms with E-state index in [0.717, 1.165) is 0 Å². The predicted molar refractivity (Wildman–Crippen MR) is 101 cm³/mol. The lowest BCUT2D eigenvalue weighted by molar-refractivity contribution is -0.139. The molecule has 0 aliphatic carbocycles. The number of aliphatic carboxylic acids is 1. The first-order valence-electron chi connectivity index (χ1n) is 8.60. The molecule has 0 radical (unpaired) electrons. The number of rotatable bonds is 8. The average Bonchev–Trinajstić information content (AvgIpc) is 2.67. The van der Waals surface area contributed by atoms with Crippen molar-refractivity contribution < 1.29 is 24.2 Å². The van der Waals surface area contributed by atoms with E-state index < -0.39 is 12.6 Å². The van der Waals surface area contributed by atoms with Crippen LogP contribution in [0.1, 0.15) is 34.6 Å². The van der Waals surface area contributed by atoms with E-state index in [-0.39, 0.29) is 11.8 Å². The van der Waals surface area contributed by atoms with E-state index in [1.54, 1.807) is 53.4 Å². The molecule has 2 aromatic carbocycles. The summed E-state index contributed by atoms with van der Waals surface area (Å²) in [4.78, 5) is 36.9. The average molecular weight is 370 g/mol. The summed E-state index contributed by atoms with van der Waals surface area (Å²) in [6.45, 7) is 4.62. The Morgan fingerprint density at radius 3 is 2.22 bits per heavy atom. The van der Waals surface area contributed by atoms with Gasteiger partial charge in [-0.3, -0.25) is 9.59 Å². The van der Waals surface area contributed by atoms with Gasteiger partial charge in [-0.2, -0.15) is 0 Å². The van der Waals surface area contributed by atoms with Crippen LogP contribution in [-0.2, 0) is 4.79 Å². The Bertz CT molecular complexity index is 813. The van der Waals surface area contributed by atoms with Crippen molar-refractivity contribution >= 4 is 23.5 Å². The van der Waals surface area contributed by atoms with Crippen LogP contribution in [0.3, 0.4) is 0 Å². The van der Waals surface area contributed by atoms with E-state index in [0.29, 0.717) is 35.7 Å². The predicted octanol–water partition coefficient (Wildman–Crippen LogP) is 2.88. The highest BCUT2D eigenvalue weighted by atomic mass is 16.5. The highest BCUT2D eigenvalue weighted by Crippen LogP contribution is 2.18. The monoisotopic (exact) mass is 370 g/mol. The number of ether oxygens (including phenoxy) is 1. The number of amides is 2. The molecule has 0 saturated carbocycles. The van der Waals surface area contributed by atoms with Crippen molar-refractivity contribution in [3.05, 3.63) is 59.7 Å². The number of anilines is 1. The maximum absolute atomic E-state index is 12.4. The molecule has 0 heterocycles. The topological polar surface area (TPSA) is 95.9 Å². The summed E-state index contributed by atoms with van der Waals surface area (Å²) in [5.41, 5.74) is 1.41. The van der Waals surface area contributed by atoms with Crippen LogP contribution in [0, 0.1) is 0 Å². The van der Waals surface area contributed by atoms with Crippen LogP contribution in [0.2, 0.25) is 0 Å². The molecule has 0 aliphatic rings. The molecule has 0 unspecified atom stereocenters. The van der Waals surface area contributed by atoms with E-state index in [9.17, 15) is 14.4 Å². The van der Waals surface area contributed by atoms with Crippen molar-refractivity contribution in [3.63, 3.8) is 0 Å². The molecule has 0 saturated heterocycles. The number of nitrogens with zero attached hydrogens (tertiary/aromatic N) is 1. The first-order valence-corrected chi connectivity index (χ1v) is 8.60. The van der Waals surface area contributed by atoms with Gasteiger partial charge in [0.25, 0.3) is 11.8 Å². The lowest BCUT2D eigenvalue weighted by Crippen LogP contribution is -2.30. The molecule has 2 amide bonds. The highest BCUT2D eigenvalue weighted by molar-refractivity contribution is 6.05. The smallest absolute Gasteiger partial charge is 0.341 e. The van der Waals surface area contributed by atoms with Crippen LogP contribution in [-0.4, -0.2) is 47.5 Å². The fourth-order valence-electron chi connectivity index (χ4n) is 2.47. The molecule has 27 heavy (non-hydrogen) atoms. The van der Waals surface area contributed by atoms with Crippen molar-refractivity contribution in [1.29, 1.82) is 0 Å². The highest BCUT2D eigenvalue weighted by Gasteiger charge is 2.13. The largest absolute Gasteiger partial charge is 0.482 e. The van der Waals surface area contributed by atoms with E-state index in [1.807, 2.05) is 13.8 Å². The number of carboxylic acid groups (broad SMARTS) is 1. The Kier molecular flexibility index (Phi) is 6.93. The van der Waals surface area contributed by atoms with E-state index in [2.05, 4.69) is 5.32 Å². The van der Waals surface area contributed by atoms with Gasteiger partial charge >= 0.3 is 5.97 Å². The number of benzene rings is 2. The molecule has 7 heteroatoms. The molecule has 2 N–H and O–H groups in total. The second kappa shape index (κ2) is 9.38. The van der Waals surface area contributed by atoms with Gasteiger partial charge in [0.05, 0.1) is 0 Å². The summed E-state index contributed by atoms with van der Waals surface area (Å²) in [7, 11) is 0. The Morgan fingerprint density at radius 1 is 1.00 bits per heavy atom. The van der Waals surface area contributed by atoms with Crippen molar-refractivity contribution in [3.8, 4) is 5.75 Å². The molecule has 0 atom stereocenters. The van der Waals surface area contributed by atoms with Gasteiger partial charge in [-0.25, -0.2) is 4.79 Å². The van der Waals surface area contributed by atoms with Crippen molar-refractivity contribution in [2.75, 3.05) is 25.0 Å². The number of nitrogens with one attached hydrogen (secondary N) is 1. The molecule has 0 aliphatic heterocycles. The lowest BCUT2D eigenvalue weighted by atomic mass is 10.1. The van der Waals surface area contributed by atoms with E-state index in [4.69, 9.17) is 9.84 Å². The summed E-state index contributed by atoms with van der Waals surface area (Å²) in [5, 5.41) is 11.4. The third-order valence-electron chi connectivity index (χ3n) is 3.90. The summed E-state index contributed by atoms with van der Waals surface area (Å²) in [6, 6.07) is 12.9. The Balaban J connectivity index is 2.05. The molecule has 0 spiro atoms. The summed E-state index contributed by atoms with van der Waals surface area (Å²) in [5.74, 6) is -1.15. The van der Waals surface area contributed by atoms with Crippen LogP contribution in [0.4, 0.5) is 5.69 Å². The first kappa shape index (κ1) is 20.0. The quantitative estimate of drug-likeness (QED) is 0.745. The second-order valence-electron chi connectivity index (χ2n) is 5.72. The van der Waals surface area contributed by atoms with Crippen molar-refractivity contribution in [1.82, 2.24) is 4.90 Å². The van der Waals surface area contributed by atoms with Gasteiger partial charge in [0, 0.05) is 36.0 Å². The van der Waals surface area contributed by atoms with Crippen molar-refractivity contribution in [2.45, 2.75) is 13.8 Å². The summed E-state index contributed by atoms with van der Waals surface area (Å²) < 4.78 is 5.09. The maximum Gasteiger partial charge on any atom is 0.341 e. The maximum atomic E-state index is 12.4. The first-order chi connectivity index (χ1) is 12.9. The van der Waals surface area contributed by atoms with Gasteiger partial charge in [0.2, 0.25) is 0 Å². The molecule has 2 aromatic rings. The minimum Gasteiger partial charge on any atom is -0.482 e. The molecular formula is C20H22N2O5. The number of carbonyl (C=O) groups excluding carboxylic acids is 2. The minimum absolute atomic E-state index is 0.0739. The van der Waals surface area contributed by atoms with Crippen molar-refractivity contribution in [2.24, 2.45) is 0 Å². The normalized spacial score (nSPS) is 10.1. The van der Waals surface area contributed by atoms with E-state index in [1.165, 1.54) is 0 Å². The van der Waals surface area contributed by atoms with Crippen LogP contribution in [0.15, 0.2) is 48.5 Å². The van der Waals surface area contributed by atoms with Crippen LogP contribution in [0.5, 0.6) is 5.75 Å². The fraction of sp³-hybridized carbons (Fsp3) is 0.250. The zero-order chi connectivity index (χ0) is 19.8. The van der Waals surface area contributed by atoms with Gasteiger partial charge < -0.3 is 20.1 Å². The third-order valence-corrected chi connectivity index (χ3v) is 3.90. The molecule has 0 aromatic heterocycles. The number of hydrogen-bond donors (Lipinski definition) is 2. The number of hydrogen-bond acceptors (Lipinski definition) is 4. The van der Waals surface area contributed by atoms with E-state index >= 15 is 0 Å². The summed E-state index contributed by atoms with van der Waals surface area (Å²) >= 11 is 0. The SMILES string of the molecule is CCN(CC)C(=O)c1ccc(C(=O)Nc2cccc(OCC(=O)O)c2)cc1. The van der Waals surface area contributed by atoms with Gasteiger partial charge in [-0.05, 0) is 50.2 Å². The van der Waals surface area contributed by atoms with Gasteiger partial charge in [0.1, 0.15) is 5.75 Å². The third kappa shape index (κ3) is 5.57. The number of carboxylic acids is 1. The van der Waals surface area contributed by atoms with Crippen LogP contribution in [0.25, 0.3) is 0 Å². The molecule has 142 valence electrons. The van der Waals surface area contributed by atoms with Crippen LogP contribution < -0.4 is 10.1 Å². The molecular weight excluding hydrogens is 348 g/mol.